The number of amides is 2. The standard InChI is InChI=1S/C22H25N3O7S/c1-9-16-15(10(2)26)20(28)25(16)17(22(31)32)18(9)33-13-7-14(23-8-13)19(27)24-12-5-3-4-11(6-12)21(29)30/h3-6,9-10,13-16,23,26H,7-8H2,1-2H3,(H,24,27)(H,29,30)(H,31,32)/t9?,10-,13+,14+,15?,16-/m1/s1. The van der Waals surface area contributed by atoms with Crippen LogP contribution in [0.3, 0.4) is 0 Å². The number of aliphatic hydroxyl groups is 1. The molecule has 2 unspecified atom stereocenters. The highest BCUT2D eigenvalue weighted by Gasteiger charge is 2.60. The first-order chi connectivity index (χ1) is 15.6. The number of aromatic carboxylic acids is 1. The van der Waals surface area contributed by atoms with Crippen LogP contribution in [0.5, 0.6) is 0 Å². The van der Waals surface area contributed by atoms with Gasteiger partial charge in [-0.2, -0.15) is 0 Å². The molecule has 176 valence electrons. The van der Waals surface area contributed by atoms with E-state index in [1.807, 2.05) is 6.92 Å². The van der Waals surface area contributed by atoms with Crippen molar-refractivity contribution in [3.63, 3.8) is 0 Å². The first-order valence-corrected chi connectivity index (χ1v) is 11.5. The molecule has 33 heavy (non-hydrogen) atoms. The smallest absolute Gasteiger partial charge is 0.353 e. The van der Waals surface area contributed by atoms with Crippen molar-refractivity contribution in [1.29, 1.82) is 0 Å². The van der Waals surface area contributed by atoms with E-state index >= 15 is 0 Å². The minimum Gasteiger partial charge on any atom is -0.478 e. The fourth-order valence-electron chi connectivity index (χ4n) is 4.81. The molecule has 6 atom stereocenters. The van der Waals surface area contributed by atoms with E-state index in [1.54, 1.807) is 12.1 Å². The van der Waals surface area contributed by atoms with Gasteiger partial charge < -0.3 is 30.9 Å². The Morgan fingerprint density at radius 1 is 1.24 bits per heavy atom. The zero-order valence-electron chi connectivity index (χ0n) is 18.0. The summed E-state index contributed by atoms with van der Waals surface area (Å²) in [5, 5.41) is 34.6. The summed E-state index contributed by atoms with van der Waals surface area (Å²) in [6.07, 6.45) is -0.419. The van der Waals surface area contributed by atoms with E-state index in [1.165, 1.54) is 35.7 Å². The fourth-order valence-corrected chi connectivity index (χ4v) is 6.29. The quantitative estimate of drug-likeness (QED) is 0.362. The normalized spacial score (nSPS) is 29.5. The summed E-state index contributed by atoms with van der Waals surface area (Å²) in [6.45, 7) is 3.87. The topological polar surface area (TPSA) is 156 Å². The van der Waals surface area contributed by atoms with Crippen LogP contribution in [0.1, 0.15) is 30.6 Å². The molecule has 11 heteroatoms. The highest BCUT2D eigenvalue weighted by Crippen LogP contribution is 2.51. The van der Waals surface area contributed by atoms with Crippen LogP contribution in [-0.4, -0.2) is 74.0 Å². The van der Waals surface area contributed by atoms with Gasteiger partial charge in [-0.05, 0) is 31.5 Å². The monoisotopic (exact) mass is 475 g/mol. The van der Waals surface area contributed by atoms with Crippen LogP contribution in [0.2, 0.25) is 0 Å². The Morgan fingerprint density at radius 2 is 1.97 bits per heavy atom. The van der Waals surface area contributed by atoms with Gasteiger partial charge in [-0.15, -0.1) is 11.8 Å². The molecule has 0 spiro atoms. The summed E-state index contributed by atoms with van der Waals surface area (Å²) in [4.78, 5) is 50.1. The number of carboxylic acid groups (broad SMARTS) is 2. The number of rotatable bonds is 7. The van der Waals surface area contributed by atoms with Gasteiger partial charge in [0.05, 0.1) is 29.7 Å². The van der Waals surface area contributed by atoms with Gasteiger partial charge in [0.2, 0.25) is 11.8 Å². The molecular formula is C22H25N3O7S. The van der Waals surface area contributed by atoms with Crippen molar-refractivity contribution >= 4 is 41.2 Å². The number of carboxylic acids is 2. The molecule has 4 rings (SSSR count). The first kappa shape index (κ1) is 23.3. The molecular weight excluding hydrogens is 450 g/mol. The van der Waals surface area contributed by atoms with Crippen LogP contribution < -0.4 is 10.6 Å². The molecule has 0 radical (unpaired) electrons. The summed E-state index contributed by atoms with van der Waals surface area (Å²) >= 11 is 1.36. The van der Waals surface area contributed by atoms with Crippen LogP contribution in [-0.2, 0) is 14.4 Å². The molecule has 0 aromatic heterocycles. The van der Waals surface area contributed by atoms with Crippen molar-refractivity contribution in [3.8, 4) is 0 Å². The van der Waals surface area contributed by atoms with Gasteiger partial charge in [-0.25, -0.2) is 9.59 Å². The number of carbonyl (C=O) groups excluding carboxylic acids is 2. The van der Waals surface area contributed by atoms with Crippen molar-refractivity contribution in [2.24, 2.45) is 11.8 Å². The summed E-state index contributed by atoms with van der Waals surface area (Å²) in [6, 6.07) is 5.07. The molecule has 3 heterocycles. The van der Waals surface area contributed by atoms with Gasteiger partial charge in [0.25, 0.3) is 0 Å². The van der Waals surface area contributed by atoms with Crippen molar-refractivity contribution in [2.45, 2.75) is 43.7 Å². The maximum Gasteiger partial charge on any atom is 0.353 e. The van der Waals surface area contributed by atoms with Crippen LogP contribution in [0.15, 0.2) is 34.9 Å². The van der Waals surface area contributed by atoms with E-state index < -0.39 is 30.0 Å². The molecule has 1 aromatic carbocycles. The van der Waals surface area contributed by atoms with E-state index in [4.69, 9.17) is 5.11 Å². The zero-order chi connectivity index (χ0) is 24.0. The molecule has 3 aliphatic heterocycles. The number of hydrogen-bond acceptors (Lipinski definition) is 7. The number of aliphatic hydroxyl groups excluding tert-OH is 1. The highest BCUT2D eigenvalue weighted by molar-refractivity contribution is 8.03. The number of aliphatic carboxylic acids is 1. The van der Waals surface area contributed by atoms with E-state index in [-0.39, 0.29) is 40.3 Å². The molecule has 2 fully saturated rings. The van der Waals surface area contributed by atoms with Crippen molar-refractivity contribution in [1.82, 2.24) is 10.2 Å². The van der Waals surface area contributed by atoms with E-state index in [9.17, 15) is 29.4 Å². The number of hydrogen-bond donors (Lipinski definition) is 5. The lowest BCUT2D eigenvalue weighted by Gasteiger charge is -2.46. The molecule has 0 bridgehead atoms. The second-order valence-electron chi connectivity index (χ2n) is 8.58. The predicted molar refractivity (Wildman–Crippen MR) is 119 cm³/mol. The Kier molecular flexibility index (Phi) is 6.21. The third kappa shape index (κ3) is 4.11. The molecule has 10 nitrogen and oxygen atoms in total. The van der Waals surface area contributed by atoms with Gasteiger partial charge in [0, 0.05) is 28.3 Å². The lowest BCUT2D eigenvalue weighted by Crippen LogP contribution is -2.63. The van der Waals surface area contributed by atoms with Crippen LogP contribution in [0.4, 0.5) is 5.69 Å². The molecule has 2 saturated heterocycles. The number of β-lactam (4-membered cyclic amide) rings is 1. The van der Waals surface area contributed by atoms with Crippen molar-refractivity contribution < 1.29 is 34.5 Å². The van der Waals surface area contributed by atoms with Gasteiger partial charge in [-0.1, -0.05) is 13.0 Å². The molecule has 3 aliphatic rings. The van der Waals surface area contributed by atoms with E-state index in [0.29, 0.717) is 23.6 Å². The average Bonchev–Trinajstić information content (AvgIpc) is 3.30. The van der Waals surface area contributed by atoms with Crippen LogP contribution >= 0.6 is 11.8 Å². The number of anilines is 1. The largest absolute Gasteiger partial charge is 0.478 e. The summed E-state index contributed by atoms with van der Waals surface area (Å²) in [5.41, 5.74) is 0.418. The molecule has 2 amide bonds. The number of nitrogens with one attached hydrogen (secondary N) is 2. The fraction of sp³-hybridized carbons (Fsp3) is 0.455. The van der Waals surface area contributed by atoms with Gasteiger partial charge >= 0.3 is 11.9 Å². The Labute approximate surface area is 194 Å². The summed E-state index contributed by atoms with van der Waals surface area (Å²) < 4.78 is 0. The number of thioether (sulfide) groups is 1. The second kappa shape index (κ2) is 8.81. The van der Waals surface area contributed by atoms with Crippen LogP contribution in [0.25, 0.3) is 0 Å². The summed E-state index contributed by atoms with van der Waals surface area (Å²) in [5.74, 6) is -3.79. The molecule has 5 N–H and O–H groups in total. The number of benzene rings is 1. The minimum absolute atomic E-state index is 0.0298. The molecule has 0 saturated carbocycles. The van der Waals surface area contributed by atoms with Gasteiger partial charge in [0.1, 0.15) is 5.70 Å². The van der Waals surface area contributed by atoms with Gasteiger partial charge in [0.15, 0.2) is 0 Å². The number of carbonyl (C=O) groups is 4. The van der Waals surface area contributed by atoms with E-state index in [0.717, 1.165) is 0 Å². The molecule has 0 aliphatic carbocycles. The van der Waals surface area contributed by atoms with E-state index in [2.05, 4.69) is 10.6 Å². The SMILES string of the molecule is CC1C(S[C@@H]2CN[C@H](C(=O)Nc3cccc(C(=O)O)c3)C2)=C(C(=O)O)N2C(=O)C([C@@H](C)O)[C@@H]12. The minimum atomic E-state index is -1.18. The highest BCUT2D eigenvalue weighted by atomic mass is 32.2. The number of fused-ring (bicyclic) bond motifs is 1. The molecule has 1 aromatic rings. The third-order valence-electron chi connectivity index (χ3n) is 6.39. The van der Waals surface area contributed by atoms with Crippen molar-refractivity contribution in [3.05, 3.63) is 40.4 Å². The second-order valence-corrected chi connectivity index (χ2v) is 9.93. The Balaban J connectivity index is 1.43. The number of nitrogens with zero attached hydrogens (tertiary/aromatic N) is 1. The zero-order valence-corrected chi connectivity index (χ0v) is 18.8. The summed E-state index contributed by atoms with van der Waals surface area (Å²) in [7, 11) is 0. The van der Waals surface area contributed by atoms with Crippen LogP contribution in [0, 0.1) is 11.8 Å². The lowest BCUT2D eigenvalue weighted by molar-refractivity contribution is -0.163. The third-order valence-corrected chi connectivity index (χ3v) is 7.90. The maximum atomic E-state index is 12.7. The lowest BCUT2D eigenvalue weighted by atomic mass is 9.79. The van der Waals surface area contributed by atoms with Gasteiger partial charge in [-0.3, -0.25) is 9.59 Å². The Bertz CT molecular complexity index is 1060. The Morgan fingerprint density at radius 3 is 2.61 bits per heavy atom. The predicted octanol–water partition coefficient (Wildman–Crippen LogP) is 0.941. The first-order valence-electron chi connectivity index (χ1n) is 10.6. The maximum absolute atomic E-state index is 12.7. The Hall–Kier alpha value is -2.89. The van der Waals surface area contributed by atoms with Crippen molar-refractivity contribution in [2.75, 3.05) is 11.9 Å². The average molecular weight is 476 g/mol.